The highest BCUT2D eigenvalue weighted by molar-refractivity contribution is 5.58. The van der Waals surface area contributed by atoms with Crippen molar-refractivity contribution in [2.45, 2.75) is 45.3 Å². The maximum absolute atomic E-state index is 13.2. The van der Waals surface area contributed by atoms with Crippen molar-refractivity contribution in [3.05, 3.63) is 23.0 Å². The molecule has 2 bridgehead atoms. The van der Waals surface area contributed by atoms with Gasteiger partial charge in [-0.05, 0) is 33.1 Å². The predicted molar refractivity (Wildman–Crippen MR) is 84.3 cm³/mol. The first kappa shape index (κ1) is 16.5. The maximum Gasteiger partial charge on any atom is 0.421 e. The summed E-state index contributed by atoms with van der Waals surface area (Å²) in [4.78, 5) is 7.88. The van der Waals surface area contributed by atoms with E-state index in [-0.39, 0.29) is 17.8 Å². The Morgan fingerprint density at radius 1 is 1.33 bits per heavy atom. The predicted octanol–water partition coefficient (Wildman–Crippen LogP) is 3.42. The zero-order valence-electron chi connectivity index (χ0n) is 13.7. The molecule has 130 valence electrons. The molecule has 3 heterocycles. The van der Waals surface area contributed by atoms with Crippen LogP contribution in [-0.4, -0.2) is 25.8 Å². The molecular formula is C15H19F3N6. The van der Waals surface area contributed by atoms with Crippen LogP contribution in [0.5, 0.6) is 0 Å². The van der Waals surface area contributed by atoms with E-state index in [9.17, 15) is 13.2 Å². The number of aromatic nitrogens is 4. The molecule has 24 heavy (non-hydrogen) atoms. The average molecular weight is 340 g/mol. The minimum Gasteiger partial charge on any atom is -0.367 e. The number of halogens is 3. The van der Waals surface area contributed by atoms with Crippen LogP contribution in [0.1, 0.15) is 36.6 Å². The Labute approximate surface area is 137 Å². The van der Waals surface area contributed by atoms with Crippen molar-refractivity contribution in [3.63, 3.8) is 0 Å². The highest BCUT2D eigenvalue weighted by atomic mass is 19.4. The van der Waals surface area contributed by atoms with Crippen molar-refractivity contribution >= 4 is 17.6 Å². The standard InChI is InChI=1S/C15H19F3N6/c1-8-5-4-6-10-9(2)23-24(3)13(10)22-14-19-7-11(15(16,17)18)12(20-8)21-14/h7-8H,4-6H2,1-3H3,(H2,19,20,21,22)/t8-/m0/s1. The summed E-state index contributed by atoms with van der Waals surface area (Å²) in [5.41, 5.74) is 1.07. The largest absolute Gasteiger partial charge is 0.421 e. The summed E-state index contributed by atoms with van der Waals surface area (Å²) in [5, 5.41) is 10.3. The van der Waals surface area contributed by atoms with Crippen LogP contribution in [-0.2, 0) is 19.6 Å². The molecule has 0 fully saturated rings. The van der Waals surface area contributed by atoms with Crippen LogP contribution in [0, 0.1) is 6.92 Å². The monoisotopic (exact) mass is 340 g/mol. The topological polar surface area (TPSA) is 67.7 Å². The molecule has 6 nitrogen and oxygen atoms in total. The minimum atomic E-state index is -4.50. The molecule has 0 radical (unpaired) electrons. The van der Waals surface area contributed by atoms with Gasteiger partial charge in [-0.25, -0.2) is 4.98 Å². The van der Waals surface area contributed by atoms with E-state index in [1.54, 1.807) is 11.7 Å². The molecule has 1 aliphatic heterocycles. The lowest BCUT2D eigenvalue weighted by Gasteiger charge is -2.18. The smallest absolute Gasteiger partial charge is 0.367 e. The molecule has 0 amide bonds. The van der Waals surface area contributed by atoms with Gasteiger partial charge in [0.25, 0.3) is 0 Å². The molecule has 1 atom stereocenters. The van der Waals surface area contributed by atoms with Crippen molar-refractivity contribution in [3.8, 4) is 0 Å². The van der Waals surface area contributed by atoms with Crippen molar-refractivity contribution in [2.75, 3.05) is 10.6 Å². The fourth-order valence-electron chi connectivity index (χ4n) is 2.91. The summed E-state index contributed by atoms with van der Waals surface area (Å²) < 4.78 is 41.2. The maximum atomic E-state index is 13.2. The van der Waals surface area contributed by atoms with Gasteiger partial charge in [-0.15, -0.1) is 0 Å². The second kappa shape index (κ2) is 5.95. The Morgan fingerprint density at radius 2 is 2.08 bits per heavy atom. The fourth-order valence-corrected chi connectivity index (χ4v) is 2.91. The van der Waals surface area contributed by atoms with E-state index in [1.165, 1.54) is 0 Å². The van der Waals surface area contributed by atoms with Crippen molar-refractivity contribution in [1.29, 1.82) is 0 Å². The van der Waals surface area contributed by atoms with Crippen LogP contribution in [0.15, 0.2) is 6.20 Å². The van der Waals surface area contributed by atoms with E-state index >= 15 is 0 Å². The van der Waals surface area contributed by atoms with Gasteiger partial charge >= 0.3 is 6.18 Å². The van der Waals surface area contributed by atoms with E-state index in [1.807, 2.05) is 13.8 Å². The Balaban J connectivity index is 2.08. The van der Waals surface area contributed by atoms with Crippen molar-refractivity contribution in [1.82, 2.24) is 19.7 Å². The number of anilines is 3. The molecule has 1 aliphatic rings. The lowest BCUT2D eigenvalue weighted by molar-refractivity contribution is -0.137. The summed E-state index contributed by atoms with van der Waals surface area (Å²) in [6, 6.07) is -0.132. The Bertz CT molecular complexity index is 752. The SMILES string of the molecule is Cc1nn(C)c2c1CCC[C@H](C)Nc1nc(ncc1C(F)(F)F)N2. The molecule has 3 rings (SSSR count). The minimum absolute atomic E-state index is 0.115. The van der Waals surface area contributed by atoms with Crippen LogP contribution in [0.25, 0.3) is 0 Å². The number of hydrogen-bond donors (Lipinski definition) is 2. The van der Waals surface area contributed by atoms with Gasteiger partial charge in [0.1, 0.15) is 17.2 Å². The van der Waals surface area contributed by atoms with Gasteiger partial charge in [-0.1, -0.05) is 0 Å². The zero-order chi connectivity index (χ0) is 17.5. The summed E-state index contributed by atoms with van der Waals surface area (Å²) in [6.07, 6.45) is -1.35. The second-order valence-corrected chi connectivity index (χ2v) is 6.05. The molecular weight excluding hydrogens is 321 g/mol. The van der Waals surface area contributed by atoms with Gasteiger partial charge in [-0.2, -0.15) is 23.3 Å². The molecule has 0 unspecified atom stereocenters. The van der Waals surface area contributed by atoms with E-state index in [0.29, 0.717) is 5.82 Å². The van der Waals surface area contributed by atoms with Crippen LogP contribution < -0.4 is 10.6 Å². The van der Waals surface area contributed by atoms with E-state index in [0.717, 1.165) is 36.7 Å². The number of alkyl halides is 3. The Hall–Kier alpha value is -2.32. The molecule has 9 heteroatoms. The third kappa shape index (κ3) is 3.15. The van der Waals surface area contributed by atoms with E-state index in [2.05, 4.69) is 25.7 Å². The van der Waals surface area contributed by atoms with Gasteiger partial charge in [0.2, 0.25) is 5.95 Å². The molecule has 0 spiro atoms. The van der Waals surface area contributed by atoms with Crippen LogP contribution in [0.4, 0.5) is 30.8 Å². The number of nitrogens with one attached hydrogen (secondary N) is 2. The lowest BCUT2D eigenvalue weighted by atomic mass is 10.1. The van der Waals surface area contributed by atoms with E-state index in [4.69, 9.17) is 0 Å². The molecule has 0 saturated heterocycles. The van der Waals surface area contributed by atoms with Gasteiger partial charge in [0.15, 0.2) is 0 Å². The number of nitrogens with zero attached hydrogens (tertiary/aromatic N) is 4. The highest BCUT2D eigenvalue weighted by Gasteiger charge is 2.35. The molecule has 2 N–H and O–H groups in total. The quantitative estimate of drug-likeness (QED) is 0.769. The van der Waals surface area contributed by atoms with Crippen LogP contribution >= 0.6 is 0 Å². The summed E-state index contributed by atoms with van der Waals surface area (Å²) >= 11 is 0. The molecule has 2 aromatic heterocycles. The van der Waals surface area contributed by atoms with E-state index < -0.39 is 11.7 Å². The number of fused-ring (bicyclic) bond motifs is 3. The first-order valence-corrected chi connectivity index (χ1v) is 7.76. The van der Waals surface area contributed by atoms with Crippen LogP contribution in [0.2, 0.25) is 0 Å². The molecule has 0 aromatic carbocycles. The summed E-state index contributed by atoms with van der Waals surface area (Å²) in [7, 11) is 1.78. The molecule has 2 aromatic rings. The zero-order valence-corrected chi connectivity index (χ0v) is 13.7. The summed E-state index contributed by atoms with van der Waals surface area (Å²) in [5.74, 6) is 0.631. The normalized spacial score (nSPS) is 18.2. The fraction of sp³-hybridized carbons (Fsp3) is 0.533. The average Bonchev–Trinajstić information content (AvgIpc) is 2.72. The summed E-state index contributed by atoms with van der Waals surface area (Å²) in [6.45, 7) is 3.77. The van der Waals surface area contributed by atoms with Gasteiger partial charge in [-0.3, -0.25) is 4.68 Å². The first-order chi connectivity index (χ1) is 11.3. The lowest BCUT2D eigenvalue weighted by Crippen LogP contribution is -2.20. The van der Waals surface area contributed by atoms with Crippen molar-refractivity contribution in [2.24, 2.45) is 7.05 Å². The molecule has 0 saturated carbocycles. The Kier molecular flexibility index (Phi) is 4.10. The number of rotatable bonds is 0. The first-order valence-electron chi connectivity index (χ1n) is 7.76. The third-order valence-corrected chi connectivity index (χ3v) is 4.12. The number of hydrogen-bond acceptors (Lipinski definition) is 5. The number of aryl methyl sites for hydroxylation is 2. The third-order valence-electron chi connectivity index (χ3n) is 4.12. The van der Waals surface area contributed by atoms with Crippen LogP contribution in [0.3, 0.4) is 0 Å². The highest BCUT2D eigenvalue weighted by Crippen LogP contribution is 2.35. The van der Waals surface area contributed by atoms with Gasteiger partial charge in [0.05, 0.1) is 5.69 Å². The van der Waals surface area contributed by atoms with Crippen molar-refractivity contribution < 1.29 is 13.2 Å². The van der Waals surface area contributed by atoms with Gasteiger partial charge < -0.3 is 10.6 Å². The van der Waals surface area contributed by atoms with Gasteiger partial charge in [0, 0.05) is 24.8 Å². The Morgan fingerprint density at radius 3 is 2.79 bits per heavy atom. The second-order valence-electron chi connectivity index (χ2n) is 6.05. The molecule has 0 aliphatic carbocycles.